The first-order valence-electron chi connectivity index (χ1n) is 7.82. The summed E-state index contributed by atoms with van der Waals surface area (Å²) >= 11 is 0. The highest BCUT2D eigenvalue weighted by Gasteiger charge is 2.34. The maximum Gasteiger partial charge on any atom is 0.137 e. The van der Waals surface area contributed by atoms with Gasteiger partial charge in [0.2, 0.25) is 0 Å². The number of hydrogen-bond donors (Lipinski definition) is 0. The zero-order chi connectivity index (χ0) is 13.0. The Kier molecular flexibility index (Phi) is 4.83. The van der Waals surface area contributed by atoms with Gasteiger partial charge in [0.25, 0.3) is 0 Å². The molecule has 0 spiro atoms. The van der Waals surface area contributed by atoms with E-state index in [2.05, 4.69) is 18.7 Å². The molecule has 104 valence electrons. The lowest BCUT2D eigenvalue weighted by Crippen LogP contribution is -2.40. The Morgan fingerprint density at radius 3 is 2.39 bits per heavy atom. The van der Waals surface area contributed by atoms with Gasteiger partial charge in [-0.1, -0.05) is 33.1 Å². The highest BCUT2D eigenvalue weighted by molar-refractivity contribution is 5.82. The van der Waals surface area contributed by atoms with Gasteiger partial charge in [-0.15, -0.1) is 0 Å². The first-order chi connectivity index (χ1) is 8.57. The zero-order valence-electron chi connectivity index (χ0n) is 12.2. The molecule has 0 aromatic heterocycles. The van der Waals surface area contributed by atoms with Crippen LogP contribution >= 0.6 is 0 Å². The summed E-state index contributed by atoms with van der Waals surface area (Å²) in [5, 5.41) is 0. The van der Waals surface area contributed by atoms with Gasteiger partial charge in [0, 0.05) is 18.9 Å². The largest absolute Gasteiger partial charge is 0.303 e. The van der Waals surface area contributed by atoms with Crippen LogP contribution in [0.1, 0.15) is 65.2 Å². The quantitative estimate of drug-likeness (QED) is 0.746. The Labute approximate surface area is 112 Å². The smallest absolute Gasteiger partial charge is 0.137 e. The second kappa shape index (κ2) is 6.18. The highest BCUT2D eigenvalue weighted by Crippen LogP contribution is 2.37. The van der Waals surface area contributed by atoms with Crippen molar-refractivity contribution in [1.82, 2.24) is 4.90 Å². The number of ketones is 1. The zero-order valence-corrected chi connectivity index (χ0v) is 12.2. The average Bonchev–Trinajstić information content (AvgIpc) is 2.27. The monoisotopic (exact) mass is 251 g/mol. The maximum absolute atomic E-state index is 12.1. The van der Waals surface area contributed by atoms with E-state index in [9.17, 15) is 4.79 Å². The third kappa shape index (κ3) is 4.08. The molecule has 18 heavy (non-hydrogen) atoms. The summed E-state index contributed by atoms with van der Waals surface area (Å²) in [7, 11) is 0. The van der Waals surface area contributed by atoms with Gasteiger partial charge < -0.3 is 4.90 Å². The summed E-state index contributed by atoms with van der Waals surface area (Å²) in [6.07, 6.45) is 9.80. The van der Waals surface area contributed by atoms with Crippen molar-refractivity contribution in [3.05, 3.63) is 0 Å². The number of likely N-dealkylation sites (tertiary alicyclic amines) is 1. The molecule has 1 heterocycles. The van der Waals surface area contributed by atoms with Crippen LogP contribution in [-0.4, -0.2) is 30.3 Å². The minimum atomic E-state index is 0.313. The summed E-state index contributed by atoms with van der Waals surface area (Å²) in [6.45, 7) is 8.09. The molecule has 1 unspecified atom stereocenters. The number of carbonyl (C=O) groups excluding carboxylic acids is 1. The van der Waals surface area contributed by atoms with Gasteiger partial charge in [-0.25, -0.2) is 0 Å². The summed E-state index contributed by atoms with van der Waals surface area (Å²) < 4.78 is 0. The van der Waals surface area contributed by atoms with E-state index < -0.39 is 0 Å². The van der Waals surface area contributed by atoms with Gasteiger partial charge in [-0.3, -0.25) is 4.79 Å². The first-order valence-corrected chi connectivity index (χ1v) is 7.82. The summed E-state index contributed by atoms with van der Waals surface area (Å²) in [5.41, 5.74) is 0.376. The highest BCUT2D eigenvalue weighted by atomic mass is 16.1. The van der Waals surface area contributed by atoms with Gasteiger partial charge in [0.1, 0.15) is 5.78 Å². The third-order valence-electron chi connectivity index (χ3n) is 4.73. The molecule has 0 bridgehead atoms. The maximum atomic E-state index is 12.1. The van der Waals surface area contributed by atoms with Gasteiger partial charge in [-0.2, -0.15) is 0 Å². The number of carbonyl (C=O) groups is 1. The van der Waals surface area contributed by atoms with Crippen LogP contribution in [-0.2, 0) is 4.79 Å². The van der Waals surface area contributed by atoms with Crippen LogP contribution in [0.2, 0.25) is 0 Å². The van der Waals surface area contributed by atoms with Gasteiger partial charge in [0.15, 0.2) is 0 Å². The molecule has 2 fully saturated rings. The molecule has 0 radical (unpaired) electrons. The molecule has 0 aromatic carbocycles. The normalized spacial score (nSPS) is 30.8. The fourth-order valence-electron chi connectivity index (χ4n) is 3.52. The Morgan fingerprint density at radius 2 is 1.72 bits per heavy atom. The van der Waals surface area contributed by atoms with Crippen molar-refractivity contribution < 1.29 is 4.79 Å². The van der Waals surface area contributed by atoms with Crippen molar-refractivity contribution in [2.24, 2.45) is 11.3 Å². The van der Waals surface area contributed by atoms with Crippen LogP contribution in [0.15, 0.2) is 0 Å². The van der Waals surface area contributed by atoms with Crippen molar-refractivity contribution >= 4 is 5.78 Å². The predicted molar refractivity (Wildman–Crippen MR) is 75.7 cm³/mol. The molecule has 1 aliphatic carbocycles. The molecule has 0 amide bonds. The van der Waals surface area contributed by atoms with Gasteiger partial charge in [0.05, 0.1) is 0 Å². The number of hydrogen-bond acceptors (Lipinski definition) is 2. The van der Waals surface area contributed by atoms with E-state index in [0.29, 0.717) is 17.1 Å². The Hall–Kier alpha value is -0.370. The van der Waals surface area contributed by atoms with E-state index in [-0.39, 0.29) is 0 Å². The van der Waals surface area contributed by atoms with E-state index in [1.54, 1.807) is 0 Å². The summed E-state index contributed by atoms with van der Waals surface area (Å²) in [5.74, 6) is 0.838. The molecule has 1 aliphatic heterocycles. The topological polar surface area (TPSA) is 20.3 Å². The molecule has 0 aromatic rings. The minimum absolute atomic E-state index is 0.313. The number of rotatable bonds is 2. The van der Waals surface area contributed by atoms with Crippen LogP contribution in [0.25, 0.3) is 0 Å². The van der Waals surface area contributed by atoms with Crippen LogP contribution in [0, 0.1) is 11.3 Å². The van der Waals surface area contributed by atoms with Crippen molar-refractivity contribution in [2.75, 3.05) is 19.6 Å². The second-order valence-corrected chi connectivity index (χ2v) is 7.10. The van der Waals surface area contributed by atoms with E-state index in [1.807, 2.05) is 0 Å². The van der Waals surface area contributed by atoms with E-state index in [4.69, 9.17) is 0 Å². The molecule has 1 atom stereocenters. The van der Waals surface area contributed by atoms with Gasteiger partial charge in [-0.05, 0) is 44.2 Å². The summed E-state index contributed by atoms with van der Waals surface area (Å²) in [6, 6.07) is 0. The first kappa shape index (κ1) is 14.0. The number of Topliss-reactive ketones (excluding diaryl/α,β-unsaturated/α-hetero) is 1. The van der Waals surface area contributed by atoms with E-state index in [1.165, 1.54) is 45.2 Å². The molecular formula is C16H29NO. The van der Waals surface area contributed by atoms with Crippen LogP contribution in [0.4, 0.5) is 0 Å². The van der Waals surface area contributed by atoms with E-state index >= 15 is 0 Å². The Morgan fingerprint density at radius 1 is 1.11 bits per heavy atom. The van der Waals surface area contributed by atoms with Crippen LogP contribution in [0.3, 0.4) is 0 Å². The van der Waals surface area contributed by atoms with E-state index in [0.717, 1.165) is 25.8 Å². The lowest BCUT2D eigenvalue weighted by atomic mass is 9.71. The van der Waals surface area contributed by atoms with Crippen molar-refractivity contribution in [2.45, 2.75) is 65.2 Å². The lowest BCUT2D eigenvalue weighted by Gasteiger charge is -2.37. The molecular weight excluding hydrogens is 222 g/mol. The average molecular weight is 251 g/mol. The van der Waals surface area contributed by atoms with Gasteiger partial charge >= 0.3 is 0 Å². The van der Waals surface area contributed by atoms with Crippen molar-refractivity contribution in [3.8, 4) is 0 Å². The van der Waals surface area contributed by atoms with Crippen molar-refractivity contribution in [3.63, 3.8) is 0 Å². The third-order valence-corrected chi connectivity index (χ3v) is 4.73. The fourth-order valence-corrected chi connectivity index (χ4v) is 3.52. The molecule has 2 nitrogen and oxygen atoms in total. The molecule has 2 rings (SSSR count). The Bertz CT molecular complexity index is 277. The molecule has 1 saturated carbocycles. The van der Waals surface area contributed by atoms with Crippen molar-refractivity contribution in [1.29, 1.82) is 0 Å². The summed E-state index contributed by atoms with van der Waals surface area (Å²) in [4.78, 5) is 14.6. The van der Waals surface area contributed by atoms with Crippen LogP contribution in [0.5, 0.6) is 0 Å². The predicted octanol–water partition coefficient (Wildman–Crippen LogP) is 3.65. The fraction of sp³-hybridized carbons (Fsp3) is 0.938. The Balaban J connectivity index is 1.87. The second-order valence-electron chi connectivity index (χ2n) is 7.10. The minimum Gasteiger partial charge on any atom is -0.303 e. The number of nitrogens with zero attached hydrogens (tertiary/aromatic N) is 1. The molecule has 2 heteroatoms. The van der Waals surface area contributed by atoms with Crippen LogP contribution < -0.4 is 0 Å². The molecule has 0 N–H and O–H groups in total. The lowest BCUT2D eigenvalue weighted by molar-refractivity contribution is -0.127. The standard InChI is InChI=1S/C16H29NO/c1-16(2)9-8-15(18)14(12-16)13-17-10-6-4-3-5-7-11-17/h14H,3-13H2,1-2H3. The SMILES string of the molecule is CC1(C)CCC(=O)C(CN2CCCCCCC2)C1. The molecule has 1 saturated heterocycles. The molecule has 2 aliphatic rings.